The fraction of sp³-hybridized carbons (Fsp3) is 0.282. The van der Waals surface area contributed by atoms with Gasteiger partial charge in [-0.05, 0) is 96.1 Å². The Labute approximate surface area is 273 Å². The molecule has 0 unspecified atom stereocenters. The predicted molar refractivity (Wildman–Crippen MR) is 194 cm³/mol. The van der Waals surface area contributed by atoms with Crippen molar-refractivity contribution in [3.63, 3.8) is 0 Å². The lowest BCUT2D eigenvalue weighted by molar-refractivity contribution is 0.604. The lowest BCUT2D eigenvalue weighted by atomic mass is 9.79. The molecule has 0 atom stereocenters. The van der Waals surface area contributed by atoms with E-state index in [4.69, 9.17) is 20.0 Å². The van der Waals surface area contributed by atoms with Gasteiger partial charge in [-0.15, -0.1) is 23.5 Å². The van der Waals surface area contributed by atoms with E-state index in [2.05, 4.69) is 114 Å². The lowest BCUT2D eigenvalue weighted by Gasteiger charge is -2.24. The van der Waals surface area contributed by atoms with Crippen molar-refractivity contribution in [2.75, 3.05) is 11.5 Å². The number of hydrogen-bond donors (Lipinski definition) is 0. The second-order valence-corrected chi connectivity index (χ2v) is 16.1. The van der Waals surface area contributed by atoms with Crippen molar-refractivity contribution in [1.29, 1.82) is 0 Å². The van der Waals surface area contributed by atoms with E-state index in [1.165, 1.54) is 44.2 Å². The molecule has 0 radical (unpaired) electrons. The number of hydrogen-bond acceptors (Lipinski definition) is 6. The van der Waals surface area contributed by atoms with Gasteiger partial charge in [-0.2, -0.15) is 0 Å². The molecule has 45 heavy (non-hydrogen) atoms. The monoisotopic (exact) mass is 624 g/mol. The minimum Gasteiger partial charge on any atom is -0.269 e. The van der Waals surface area contributed by atoms with Crippen LogP contribution in [0.2, 0.25) is 0 Å². The van der Waals surface area contributed by atoms with Gasteiger partial charge in [0.15, 0.2) is 0 Å². The van der Waals surface area contributed by atoms with Gasteiger partial charge < -0.3 is 0 Å². The van der Waals surface area contributed by atoms with Gasteiger partial charge >= 0.3 is 0 Å². The van der Waals surface area contributed by atoms with Crippen LogP contribution in [0.5, 0.6) is 0 Å². The normalized spacial score (nSPS) is 18.9. The fourth-order valence-electron chi connectivity index (χ4n) is 6.83. The number of nitrogens with zero attached hydrogens (tertiary/aromatic N) is 4. The van der Waals surface area contributed by atoms with Gasteiger partial charge in [0.2, 0.25) is 0 Å². The van der Waals surface area contributed by atoms with Crippen LogP contribution in [0.4, 0.5) is 0 Å². The highest BCUT2D eigenvalue weighted by Crippen LogP contribution is 2.52. The van der Waals surface area contributed by atoms with Crippen LogP contribution in [0.3, 0.4) is 0 Å². The molecule has 0 saturated heterocycles. The van der Waals surface area contributed by atoms with Gasteiger partial charge in [-0.3, -0.25) is 20.0 Å². The van der Waals surface area contributed by atoms with Gasteiger partial charge in [0, 0.05) is 40.4 Å². The third-order valence-corrected chi connectivity index (χ3v) is 12.0. The van der Waals surface area contributed by atoms with Gasteiger partial charge in [-0.25, -0.2) is 0 Å². The number of pyridine rings is 2. The standard InChI is InChI=1S/C39H36N4S2/c1-37(2)21-44-35(42-37)32-15-10-26(19-40-32)23-7-12-28-25(17-23)9-14-30-29-13-8-24(18-31(29)39(5,6)34(28)30)27-11-16-33(41-20-27)36-43-38(3,4)22-45-36/h7-20H,21-22H2,1-6H3. The summed E-state index contributed by atoms with van der Waals surface area (Å²) in [4.78, 5) is 19.3. The highest BCUT2D eigenvalue weighted by molar-refractivity contribution is 8.15. The smallest absolute Gasteiger partial charge is 0.117 e. The first-order valence-corrected chi connectivity index (χ1v) is 17.6. The SMILES string of the molecule is CC1(C)CSC(c2ccc(-c3ccc4c(c3)C(C)(C)c3c-4ccc4cc(-c5ccc(C6=NC(C)(C)CS6)nc5)ccc34)cn2)=N1. The van der Waals surface area contributed by atoms with E-state index in [0.717, 1.165) is 44.1 Å². The Morgan fingerprint density at radius 1 is 0.556 bits per heavy atom. The molecule has 4 heterocycles. The van der Waals surface area contributed by atoms with Crippen molar-refractivity contribution in [3.8, 4) is 33.4 Å². The van der Waals surface area contributed by atoms with Gasteiger partial charge in [-0.1, -0.05) is 62.4 Å². The van der Waals surface area contributed by atoms with E-state index < -0.39 is 0 Å². The average molecular weight is 625 g/mol. The number of benzene rings is 3. The second kappa shape index (κ2) is 10.1. The predicted octanol–water partition coefficient (Wildman–Crippen LogP) is 9.81. The summed E-state index contributed by atoms with van der Waals surface area (Å²) in [5, 5.41) is 4.65. The summed E-state index contributed by atoms with van der Waals surface area (Å²) in [5.74, 6) is 2.00. The molecule has 224 valence electrons. The first-order chi connectivity index (χ1) is 21.5. The summed E-state index contributed by atoms with van der Waals surface area (Å²) in [6, 6.07) is 26.9. The summed E-state index contributed by atoms with van der Waals surface area (Å²) in [6.45, 7) is 13.4. The van der Waals surface area contributed by atoms with Crippen LogP contribution in [-0.4, -0.2) is 42.6 Å². The topological polar surface area (TPSA) is 50.5 Å². The van der Waals surface area contributed by atoms with Gasteiger partial charge in [0.05, 0.1) is 22.5 Å². The van der Waals surface area contributed by atoms with Crippen molar-refractivity contribution >= 4 is 44.4 Å². The number of aromatic nitrogens is 2. The van der Waals surface area contributed by atoms with Crippen LogP contribution in [0.25, 0.3) is 44.2 Å². The van der Waals surface area contributed by atoms with E-state index in [-0.39, 0.29) is 16.5 Å². The largest absolute Gasteiger partial charge is 0.269 e. The molecule has 5 aromatic rings. The quantitative estimate of drug-likeness (QED) is 0.200. The van der Waals surface area contributed by atoms with Crippen LogP contribution >= 0.6 is 23.5 Å². The number of thioether (sulfide) groups is 2. The highest BCUT2D eigenvalue weighted by Gasteiger charge is 2.37. The molecule has 0 N–H and O–H groups in total. The Bertz CT molecular complexity index is 2070. The molecule has 6 heteroatoms. The zero-order valence-corrected chi connectivity index (χ0v) is 28.2. The Kier molecular flexibility index (Phi) is 6.47. The third kappa shape index (κ3) is 4.94. The lowest BCUT2D eigenvalue weighted by Crippen LogP contribution is -2.15. The highest BCUT2D eigenvalue weighted by atomic mass is 32.2. The molecular formula is C39H36N4S2. The van der Waals surface area contributed by atoms with E-state index >= 15 is 0 Å². The number of aliphatic imine (C=N–C) groups is 2. The van der Waals surface area contributed by atoms with Crippen LogP contribution in [-0.2, 0) is 5.41 Å². The molecule has 0 saturated carbocycles. The van der Waals surface area contributed by atoms with Crippen LogP contribution < -0.4 is 0 Å². The minimum atomic E-state index is -0.132. The first-order valence-electron chi connectivity index (χ1n) is 15.6. The van der Waals surface area contributed by atoms with E-state index in [0.29, 0.717) is 0 Å². The van der Waals surface area contributed by atoms with Gasteiger partial charge in [0.1, 0.15) is 10.1 Å². The maximum Gasteiger partial charge on any atom is 0.117 e. The summed E-state index contributed by atoms with van der Waals surface area (Å²) < 4.78 is 0. The summed E-state index contributed by atoms with van der Waals surface area (Å²) in [6.07, 6.45) is 3.99. The van der Waals surface area contributed by atoms with Crippen molar-refractivity contribution in [2.24, 2.45) is 9.98 Å². The van der Waals surface area contributed by atoms with Crippen LogP contribution in [0, 0.1) is 0 Å². The minimum absolute atomic E-state index is 0.0152. The molecule has 0 spiro atoms. The molecule has 0 amide bonds. The summed E-state index contributed by atoms with van der Waals surface area (Å²) in [7, 11) is 0. The molecule has 3 aromatic carbocycles. The first kappa shape index (κ1) is 28.7. The molecule has 4 nitrogen and oxygen atoms in total. The molecular weight excluding hydrogens is 589 g/mol. The third-order valence-electron chi connectivity index (χ3n) is 9.19. The fourth-order valence-corrected chi connectivity index (χ4v) is 9.10. The van der Waals surface area contributed by atoms with E-state index in [9.17, 15) is 0 Å². The molecule has 2 aromatic heterocycles. The Morgan fingerprint density at radius 3 is 1.62 bits per heavy atom. The number of fused-ring (bicyclic) bond motifs is 5. The van der Waals surface area contributed by atoms with Crippen molar-refractivity contribution in [3.05, 3.63) is 108 Å². The summed E-state index contributed by atoms with van der Waals surface area (Å²) >= 11 is 3.59. The average Bonchev–Trinajstić information content (AvgIpc) is 3.67. The van der Waals surface area contributed by atoms with Crippen molar-refractivity contribution < 1.29 is 0 Å². The number of rotatable bonds is 4. The van der Waals surface area contributed by atoms with E-state index in [1.807, 2.05) is 12.4 Å². The Hall–Kier alpha value is -3.74. The van der Waals surface area contributed by atoms with Crippen molar-refractivity contribution in [2.45, 2.75) is 58.0 Å². The zero-order chi connectivity index (χ0) is 31.1. The molecule has 0 fully saturated rings. The van der Waals surface area contributed by atoms with Crippen molar-refractivity contribution in [1.82, 2.24) is 9.97 Å². The van der Waals surface area contributed by atoms with E-state index in [1.54, 1.807) is 23.5 Å². The second-order valence-electron chi connectivity index (χ2n) is 14.2. The van der Waals surface area contributed by atoms with Crippen LogP contribution in [0.1, 0.15) is 64.1 Å². The Balaban J connectivity index is 1.10. The maximum absolute atomic E-state index is 4.86. The summed E-state index contributed by atoms with van der Waals surface area (Å²) in [5.41, 5.74) is 11.8. The Morgan fingerprint density at radius 2 is 1.09 bits per heavy atom. The molecule has 1 aliphatic carbocycles. The maximum atomic E-state index is 4.86. The molecule has 0 bridgehead atoms. The molecule has 2 aliphatic heterocycles. The zero-order valence-electron chi connectivity index (χ0n) is 26.6. The molecule has 8 rings (SSSR count). The van der Waals surface area contributed by atoms with Crippen LogP contribution in [0.15, 0.2) is 95.2 Å². The molecule has 3 aliphatic rings. The van der Waals surface area contributed by atoms with Gasteiger partial charge in [0.25, 0.3) is 0 Å².